The summed E-state index contributed by atoms with van der Waals surface area (Å²) in [6, 6.07) is 0. The first-order valence-electron chi connectivity index (χ1n) is 5.65. The SMILES string of the molecule is CCCCC(CC)C(=O)C(C)(C)C(=O)O. The van der Waals surface area contributed by atoms with Crippen LogP contribution in [-0.2, 0) is 9.59 Å². The summed E-state index contributed by atoms with van der Waals surface area (Å²) in [5, 5.41) is 8.96. The quantitative estimate of drug-likeness (QED) is 0.663. The molecular formula is C12H22O3. The van der Waals surface area contributed by atoms with Crippen molar-refractivity contribution in [1.82, 2.24) is 0 Å². The minimum Gasteiger partial charge on any atom is -0.481 e. The van der Waals surface area contributed by atoms with Crippen LogP contribution in [0.25, 0.3) is 0 Å². The number of ketones is 1. The minimum atomic E-state index is -1.24. The standard InChI is InChI=1S/C12H22O3/c1-5-7-8-9(6-2)10(13)12(3,4)11(14)15/h9H,5-8H2,1-4H3,(H,14,15). The van der Waals surface area contributed by atoms with Gasteiger partial charge in [0.25, 0.3) is 0 Å². The zero-order valence-electron chi connectivity index (χ0n) is 10.2. The van der Waals surface area contributed by atoms with Gasteiger partial charge in [-0.2, -0.15) is 0 Å². The van der Waals surface area contributed by atoms with Gasteiger partial charge in [0, 0.05) is 5.92 Å². The van der Waals surface area contributed by atoms with Crippen molar-refractivity contribution in [2.75, 3.05) is 0 Å². The Morgan fingerprint density at radius 2 is 1.80 bits per heavy atom. The summed E-state index contributed by atoms with van der Waals surface area (Å²) in [6.07, 6.45) is 3.56. The molecule has 1 atom stereocenters. The lowest BCUT2D eigenvalue weighted by Gasteiger charge is -2.23. The lowest BCUT2D eigenvalue weighted by atomic mass is 9.78. The Hall–Kier alpha value is -0.860. The van der Waals surface area contributed by atoms with E-state index in [2.05, 4.69) is 6.92 Å². The molecule has 88 valence electrons. The number of carboxylic acids is 1. The van der Waals surface area contributed by atoms with E-state index in [1.165, 1.54) is 13.8 Å². The first-order valence-corrected chi connectivity index (χ1v) is 5.65. The maximum Gasteiger partial charge on any atom is 0.316 e. The van der Waals surface area contributed by atoms with E-state index in [0.29, 0.717) is 0 Å². The van der Waals surface area contributed by atoms with Gasteiger partial charge in [0.05, 0.1) is 0 Å². The van der Waals surface area contributed by atoms with Gasteiger partial charge >= 0.3 is 5.97 Å². The molecular weight excluding hydrogens is 192 g/mol. The number of carbonyl (C=O) groups is 2. The van der Waals surface area contributed by atoms with E-state index in [4.69, 9.17) is 5.11 Å². The normalized spacial score (nSPS) is 13.6. The highest BCUT2D eigenvalue weighted by Gasteiger charge is 2.38. The van der Waals surface area contributed by atoms with Crippen LogP contribution in [0.1, 0.15) is 53.4 Å². The fraction of sp³-hybridized carbons (Fsp3) is 0.833. The van der Waals surface area contributed by atoms with E-state index in [0.717, 1.165) is 25.7 Å². The molecule has 0 aromatic carbocycles. The number of carbonyl (C=O) groups excluding carboxylic acids is 1. The number of Topliss-reactive ketones (excluding diaryl/α,β-unsaturated/α-hetero) is 1. The number of hydrogen-bond acceptors (Lipinski definition) is 2. The zero-order valence-corrected chi connectivity index (χ0v) is 10.2. The second-order valence-corrected chi connectivity index (χ2v) is 4.54. The molecule has 0 aliphatic heterocycles. The van der Waals surface area contributed by atoms with Gasteiger partial charge in [0.15, 0.2) is 5.78 Å². The maximum absolute atomic E-state index is 12.0. The third-order valence-electron chi connectivity index (χ3n) is 2.92. The number of unbranched alkanes of at least 4 members (excludes halogenated alkanes) is 1. The molecule has 0 aliphatic rings. The van der Waals surface area contributed by atoms with Crippen molar-refractivity contribution in [3.63, 3.8) is 0 Å². The van der Waals surface area contributed by atoms with Crippen molar-refractivity contribution in [3.8, 4) is 0 Å². The van der Waals surface area contributed by atoms with Gasteiger partial charge < -0.3 is 5.11 Å². The van der Waals surface area contributed by atoms with E-state index < -0.39 is 11.4 Å². The number of carboxylic acid groups (broad SMARTS) is 1. The topological polar surface area (TPSA) is 54.4 Å². The third-order valence-corrected chi connectivity index (χ3v) is 2.92. The molecule has 0 bridgehead atoms. The van der Waals surface area contributed by atoms with Gasteiger partial charge in [-0.25, -0.2) is 0 Å². The van der Waals surface area contributed by atoms with Gasteiger partial charge in [-0.05, 0) is 26.7 Å². The van der Waals surface area contributed by atoms with Crippen molar-refractivity contribution in [2.24, 2.45) is 11.3 Å². The van der Waals surface area contributed by atoms with Crippen molar-refractivity contribution in [2.45, 2.75) is 53.4 Å². The fourth-order valence-electron chi connectivity index (χ4n) is 1.59. The van der Waals surface area contributed by atoms with E-state index >= 15 is 0 Å². The van der Waals surface area contributed by atoms with Crippen LogP contribution in [0.2, 0.25) is 0 Å². The third kappa shape index (κ3) is 3.65. The first-order chi connectivity index (χ1) is 6.87. The average Bonchev–Trinajstić information content (AvgIpc) is 2.18. The molecule has 15 heavy (non-hydrogen) atoms. The van der Waals surface area contributed by atoms with Crippen LogP contribution in [0, 0.1) is 11.3 Å². The molecule has 0 rings (SSSR count). The molecule has 0 radical (unpaired) electrons. The summed E-state index contributed by atoms with van der Waals surface area (Å²) < 4.78 is 0. The molecule has 0 aromatic rings. The second-order valence-electron chi connectivity index (χ2n) is 4.54. The van der Waals surface area contributed by atoms with Crippen LogP contribution < -0.4 is 0 Å². The number of rotatable bonds is 7. The van der Waals surface area contributed by atoms with Gasteiger partial charge in [0.1, 0.15) is 5.41 Å². The van der Waals surface area contributed by atoms with Crippen molar-refractivity contribution >= 4 is 11.8 Å². The van der Waals surface area contributed by atoms with Gasteiger partial charge in [0.2, 0.25) is 0 Å². The van der Waals surface area contributed by atoms with Crippen molar-refractivity contribution in [1.29, 1.82) is 0 Å². The molecule has 0 aromatic heterocycles. The second kappa shape index (κ2) is 5.89. The summed E-state index contributed by atoms with van der Waals surface area (Å²) in [7, 11) is 0. The molecule has 0 saturated heterocycles. The van der Waals surface area contributed by atoms with Crippen LogP contribution in [-0.4, -0.2) is 16.9 Å². The van der Waals surface area contributed by atoms with Crippen LogP contribution in [0.3, 0.4) is 0 Å². The van der Waals surface area contributed by atoms with Crippen LogP contribution in [0.15, 0.2) is 0 Å². The van der Waals surface area contributed by atoms with E-state index in [9.17, 15) is 9.59 Å². The monoisotopic (exact) mass is 214 g/mol. The molecule has 0 heterocycles. The first kappa shape index (κ1) is 14.1. The summed E-state index contributed by atoms with van der Waals surface area (Å²) in [5.41, 5.74) is -1.24. The van der Waals surface area contributed by atoms with Crippen molar-refractivity contribution in [3.05, 3.63) is 0 Å². The lowest BCUT2D eigenvalue weighted by Crippen LogP contribution is -2.37. The molecule has 0 spiro atoms. The Balaban J connectivity index is 4.57. The largest absolute Gasteiger partial charge is 0.481 e. The highest BCUT2D eigenvalue weighted by atomic mass is 16.4. The summed E-state index contributed by atoms with van der Waals surface area (Å²) >= 11 is 0. The predicted octanol–water partition coefficient (Wildman–Crippen LogP) is 2.88. The maximum atomic E-state index is 12.0. The molecule has 0 saturated carbocycles. The zero-order chi connectivity index (χ0) is 12.1. The summed E-state index contributed by atoms with van der Waals surface area (Å²) in [4.78, 5) is 22.9. The minimum absolute atomic E-state index is 0.101. The molecule has 0 amide bonds. The molecule has 0 aliphatic carbocycles. The van der Waals surface area contributed by atoms with E-state index in [-0.39, 0.29) is 11.7 Å². The molecule has 0 fully saturated rings. The summed E-state index contributed by atoms with van der Waals surface area (Å²) in [5.74, 6) is -1.26. The Bertz CT molecular complexity index is 231. The Morgan fingerprint density at radius 3 is 2.13 bits per heavy atom. The number of hydrogen-bond donors (Lipinski definition) is 1. The smallest absolute Gasteiger partial charge is 0.316 e. The molecule has 1 unspecified atom stereocenters. The fourth-order valence-corrected chi connectivity index (χ4v) is 1.59. The van der Waals surface area contributed by atoms with Gasteiger partial charge in [-0.15, -0.1) is 0 Å². The van der Waals surface area contributed by atoms with Crippen LogP contribution >= 0.6 is 0 Å². The average molecular weight is 214 g/mol. The molecule has 3 heteroatoms. The Morgan fingerprint density at radius 1 is 1.27 bits per heavy atom. The van der Waals surface area contributed by atoms with Crippen LogP contribution in [0.4, 0.5) is 0 Å². The van der Waals surface area contributed by atoms with Gasteiger partial charge in [-0.1, -0.05) is 26.7 Å². The predicted molar refractivity (Wildman–Crippen MR) is 59.7 cm³/mol. The highest BCUT2D eigenvalue weighted by molar-refractivity contribution is 6.03. The summed E-state index contributed by atoms with van der Waals surface area (Å²) in [6.45, 7) is 6.99. The number of aliphatic carboxylic acids is 1. The lowest BCUT2D eigenvalue weighted by molar-refractivity contribution is -0.154. The van der Waals surface area contributed by atoms with E-state index in [1.54, 1.807) is 0 Å². The molecule has 1 N–H and O–H groups in total. The van der Waals surface area contributed by atoms with E-state index in [1.807, 2.05) is 6.92 Å². The van der Waals surface area contributed by atoms with Crippen molar-refractivity contribution < 1.29 is 14.7 Å². The molecule has 3 nitrogen and oxygen atoms in total. The van der Waals surface area contributed by atoms with Crippen LogP contribution in [0.5, 0.6) is 0 Å². The Kier molecular flexibility index (Phi) is 5.55. The Labute approximate surface area is 91.9 Å². The van der Waals surface area contributed by atoms with Gasteiger partial charge in [-0.3, -0.25) is 9.59 Å². The highest BCUT2D eigenvalue weighted by Crippen LogP contribution is 2.26.